The van der Waals surface area contributed by atoms with Gasteiger partial charge in [0.05, 0.1) is 12.1 Å². The minimum atomic E-state index is -0.228. The van der Waals surface area contributed by atoms with Crippen molar-refractivity contribution in [2.45, 2.75) is 20.4 Å². The normalized spacial score (nSPS) is 11.1. The zero-order chi connectivity index (χ0) is 13.4. The van der Waals surface area contributed by atoms with Gasteiger partial charge in [-0.1, -0.05) is 17.3 Å². The summed E-state index contributed by atoms with van der Waals surface area (Å²) in [6.45, 7) is 4.64. The number of benzene rings is 2. The molecule has 4 heteroatoms. The van der Waals surface area contributed by atoms with Crippen molar-refractivity contribution in [1.82, 2.24) is 15.0 Å². The van der Waals surface area contributed by atoms with Gasteiger partial charge in [-0.05, 0) is 54.8 Å². The number of hydrogen-bond donors (Lipinski definition) is 0. The van der Waals surface area contributed by atoms with Gasteiger partial charge in [0, 0.05) is 0 Å². The molecule has 0 atom stereocenters. The first-order valence-corrected chi connectivity index (χ1v) is 6.18. The van der Waals surface area contributed by atoms with E-state index >= 15 is 0 Å². The number of halogens is 1. The topological polar surface area (TPSA) is 30.7 Å². The maximum atomic E-state index is 13.2. The van der Waals surface area contributed by atoms with E-state index in [0.29, 0.717) is 6.54 Å². The second-order valence-electron chi connectivity index (χ2n) is 4.80. The van der Waals surface area contributed by atoms with E-state index in [4.69, 9.17) is 0 Å². The van der Waals surface area contributed by atoms with Gasteiger partial charge in [-0.3, -0.25) is 0 Å². The summed E-state index contributed by atoms with van der Waals surface area (Å²) in [5, 5.41) is 8.31. The number of fused-ring (bicyclic) bond motifs is 1. The van der Waals surface area contributed by atoms with Crippen LogP contribution in [0.5, 0.6) is 0 Å². The van der Waals surface area contributed by atoms with Crippen molar-refractivity contribution < 1.29 is 4.39 Å². The van der Waals surface area contributed by atoms with Crippen LogP contribution in [0.3, 0.4) is 0 Å². The molecule has 0 amide bonds. The molecule has 3 rings (SSSR count). The second kappa shape index (κ2) is 4.46. The van der Waals surface area contributed by atoms with Gasteiger partial charge < -0.3 is 0 Å². The van der Waals surface area contributed by atoms with Gasteiger partial charge in [0.15, 0.2) is 0 Å². The molecule has 0 spiro atoms. The summed E-state index contributed by atoms with van der Waals surface area (Å²) in [4.78, 5) is 0. The molecule has 96 valence electrons. The largest absolute Gasteiger partial charge is 0.240 e. The van der Waals surface area contributed by atoms with Crippen LogP contribution in [0.15, 0.2) is 36.4 Å². The molecule has 1 heterocycles. The Balaban J connectivity index is 2.04. The van der Waals surface area contributed by atoms with E-state index < -0.39 is 0 Å². The molecular weight excluding hydrogens is 241 g/mol. The molecule has 0 unspecified atom stereocenters. The van der Waals surface area contributed by atoms with E-state index in [2.05, 4.69) is 30.2 Å². The van der Waals surface area contributed by atoms with E-state index in [9.17, 15) is 4.39 Å². The van der Waals surface area contributed by atoms with Crippen LogP contribution in [-0.4, -0.2) is 15.0 Å². The maximum absolute atomic E-state index is 13.2. The van der Waals surface area contributed by atoms with E-state index in [0.717, 1.165) is 16.6 Å². The molecule has 2 aromatic carbocycles. The average molecular weight is 255 g/mol. The minimum Gasteiger partial charge on any atom is -0.240 e. The Labute approximate surface area is 110 Å². The zero-order valence-corrected chi connectivity index (χ0v) is 10.9. The fourth-order valence-corrected chi connectivity index (χ4v) is 2.15. The Bertz CT molecular complexity index is 746. The highest BCUT2D eigenvalue weighted by Gasteiger charge is 2.07. The van der Waals surface area contributed by atoms with Crippen LogP contribution in [0, 0.1) is 19.7 Å². The van der Waals surface area contributed by atoms with Crippen LogP contribution in [0.2, 0.25) is 0 Å². The lowest BCUT2D eigenvalue weighted by Gasteiger charge is -2.04. The van der Waals surface area contributed by atoms with Crippen LogP contribution in [0.4, 0.5) is 4.39 Å². The van der Waals surface area contributed by atoms with Crippen LogP contribution in [0.1, 0.15) is 16.7 Å². The Morgan fingerprint density at radius 3 is 2.68 bits per heavy atom. The molecule has 0 aliphatic heterocycles. The standard InChI is InChI=1S/C15H14FN3/c1-10-6-14-15(7-11(10)2)19(18-17-14)9-12-4-3-5-13(16)8-12/h3-8H,9H2,1-2H3. The Hall–Kier alpha value is -2.23. The number of nitrogens with zero attached hydrogens (tertiary/aromatic N) is 3. The summed E-state index contributed by atoms with van der Waals surface area (Å²) in [5.41, 5.74) is 5.14. The number of aryl methyl sites for hydroxylation is 2. The average Bonchev–Trinajstić information content (AvgIpc) is 2.73. The van der Waals surface area contributed by atoms with Crippen LogP contribution in [-0.2, 0) is 6.54 Å². The molecule has 0 radical (unpaired) electrons. The third kappa shape index (κ3) is 2.21. The van der Waals surface area contributed by atoms with E-state index in [1.807, 2.05) is 12.1 Å². The van der Waals surface area contributed by atoms with Crippen LogP contribution >= 0.6 is 0 Å². The second-order valence-corrected chi connectivity index (χ2v) is 4.80. The molecule has 3 aromatic rings. The highest BCUT2D eigenvalue weighted by atomic mass is 19.1. The molecule has 0 aliphatic rings. The van der Waals surface area contributed by atoms with Gasteiger partial charge in [-0.2, -0.15) is 0 Å². The summed E-state index contributed by atoms with van der Waals surface area (Å²) >= 11 is 0. The summed E-state index contributed by atoms with van der Waals surface area (Å²) in [6.07, 6.45) is 0. The van der Waals surface area contributed by atoms with E-state index in [1.165, 1.54) is 23.3 Å². The number of rotatable bonds is 2. The number of aromatic nitrogens is 3. The Kier molecular flexibility index (Phi) is 2.78. The zero-order valence-electron chi connectivity index (χ0n) is 10.9. The van der Waals surface area contributed by atoms with E-state index in [-0.39, 0.29) is 5.82 Å². The third-order valence-corrected chi connectivity index (χ3v) is 3.35. The van der Waals surface area contributed by atoms with Crippen molar-refractivity contribution in [2.24, 2.45) is 0 Å². The molecule has 3 nitrogen and oxygen atoms in total. The predicted octanol–water partition coefficient (Wildman–Crippen LogP) is 3.24. The first-order chi connectivity index (χ1) is 9.13. The molecular formula is C15H14FN3. The van der Waals surface area contributed by atoms with Crippen LogP contribution < -0.4 is 0 Å². The van der Waals surface area contributed by atoms with Gasteiger partial charge in [-0.25, -0.2) is 9.07 Å². The molecule has 0 N–H and O–H groups in total. The number of hydrogen-bond acceptors (Lipinski definition) is 2. The molecule has 0 saturated heterocycles. The summed E-state index contributed by atoms with van der Waals surface area (Å²) in [7, 11) is 0. The molecule has 0 bridgehead atoms. The Morgan fingerprint density at radius 2 is 1.89 bits per heavy atom. The molecule has 19 heavy (non-hydrogen) atoms. The van der Waals surface area contributed by atoms with Crippen molar-refractivity contribution in [2.75, 3.05) is 0 Å². The predicted molar refractivity (Wildman–Crippen MR) is 72.5 cm³/mol. The van der Waals surface area contributed by atoms with Gasteiger partial charge in [0.2, 0.25) is 0 Å². The first kappa shape index (κ1) is 11.8. The Morgan fingerprint density at radius 1 is 1.11 bits per heavy atom. The summed E-state index contributed by atoms with van der Waals surface area (Å²) in [5.74, 6) is -0.228. The smallest absolute Gasteiger partial charge is 0.123 e. The lowest BCUT2D eigenvalue weighted by molar-refractivity contribution is 0.618. The van der Waals surface area contributed by atoms with Gasteiger partial charge in [0.25, 0.3) is 0 Å². The first-order valence-electron chi connectivity index (χ1n) is 6.18. The third-order valence-electron chi connectivity index (χ3n) is 3.35. The quantitative estimate of drug-likeness (QED) is 0.703. The van der Waals surface area contributed by atoms with Crippen molar-refractivity contribution in [1.29, 1.82) is 0 Å². The van der Waals surface area contributed by atoms with Crippen molar-refractivity contribution in [3.63, 3.8) is 0 Å². The van der Waals surface area contributed by atoms with Gasteiger partial charge >= 0.3 is 0 Å². The van der Waals surface area contributed by atoms with Gasteiger partial charge in [0.1, 0.15) is 11.3 Å². The van der Waals surface area contributed by atoms with Gasteiger partial charge in [-0.15, -0.1) is 5.10 Å². The molecule has 0 saturated carbocycles. The monoisotopic (exact) mass is 255 g/mol. The summed E-state index contributed by atoms with van der Waals surface area (Å²) in [6, 6.07) is 10.7. The van der Waals surface area contributed by atoms with Crippen molar-refractivity contribution in [3.8, 4) is 0 Å². The highest BCUT2D eigenvalue weighted by Crippen LogP contribution is 2.18. The maximum Gasteiger partial charge on any atom is 0.123 e. The minimum absolute atomic E-state index is 0.228. The van der Waals surface area contributed by atoms with Crippen molar-refractivity contribution >= 4 is 11.0 Å². The lowest BCUT2D eigenvalue weighted by atomic mass is 10.1. The molecule has 0 fully saturated rings. The summed E-state index contributed by atoms with van der Waals surface area (Å²) < 4.78 is 15.0. The fourth-order valence-electron chi connectivity index (χ4n) is 2.15. The molecule has 1 aromatic heterocycles. The van der Waals surface area contributed by atoms with Crippen molar-refractivity contribution in [3.05, 3.63) is 58.9 Å². The van der Waals surface area contributed by atoms with E-state index in [1.54, 1.807) is 10.7 Å². The molecule has 0 aliphatic carbocycles. The lowest BCUT2D eigenvalue weighted by Crippen LogP contribution is -2.02. The fraction of sp³-hybridized carbons (Fsp3) is 0.200. The SMILES string of the molecule is Cc1cc2nnn(Cc3cccc(F)c3)c2cc1C. The van der Waals surface area contributed by atoms with Crippen LogP contribution in [0.25, 0.3) is 11.0 Å². The highest BCUT2D eigenvalue weighted by molar-refractivity contribution is 5.76.